The van der Waals surface area contributed by atoms with E-state index < -0.39 is 0 Å². The van der Waals surface area contributed by atoms with E-state index in [1.165, 1.54) is 31.2 Å². The Morgan fingerprint density at radius 2 is 2.44 bits per heavy atom. The third kappa shape index (κ3) is 1.49. The van der Waals surface area contributed by atoms with E-state index in [0.29, 0.717) is 5.41 Å². The van der Waals surface area contributed by atoms with Crippen LogP contribution in [0.2, 0.25) is 0 Å². The molecule has 2 fully saturated rings. The van der Waals surface area contributed by atoms with Crippen molar-refractivity contribution in [2.24, 2.45) is 30.0 Å². The van der Waals surface area contributed by atoms with Crippen LogP contribution in [0, 0.1) is 17.3 Å². The van der Waals surface area contributed by atoms with Gasteiger partial charge in [0.25, 0.3) is 0 Å². The van der Waals surface area contributed by atoms with Gasteiger partial charge in [0, 0.05) is 13.2 Å². The largest absolute Gasteiger partial charge is 0.330 e. The van der Waals surface area contributed by atoms with Crippen molar-refractivity contribution in [3.63, 3.8) is 0 Å². The lowest BCUT2D eigenvalue weighted by atomic mass is 9.70. The lowest BCUT2D eigenvalue weighted by Crippen LogP contribution is -2.37. The zero-order valence-electron chi connectivity index (χ0n) is 10.0. The van der Waals surface area contributed by atoms with E-state index in [2.05, 4.69) is 11.3 Å². The van der Waals surface area contributed by atoms with Gasteiger partial charge in [-0.3, -0.25) is 4.68 Å². The molecule has 0 aliphatic heterocycles. The van der Waals surface area contributed by atoms with Gasteiger partial charge in [0.05, 0.1) is 6.20 Å². The maximum atomic E-state index is 6.08. The number of aryl methyl sites for hydroxylation is 1. The van der Waals surface area contributed by atoms with E-state index in [-0.39, 0.29) is 0 Å². The van der Waals surface area contributed by atoms with Crippen LogP contribution >= 0.6 is 0 Å². The van der Waals surface area contributed by atoms with Gasteiger partial charge in [-0.2, -0.15) is 5.10 Å². The second kappa shape index (κ2) is 3.59. The number of rotatable bonds is 3. The van der Waals surface area contributed by atoms with Gasteiger partial charge in [-0.05, 0) is 55.0 Å². The fourth-order valence-corrected chi connectivity index (χ4v) is 4.07. The topological polar surface area (TPSA) is 43.8 Å². The molecular weight excluding hydrogens is 198 g/mol. The Hall–Kier alpha value is -0.830. The fourth-order valence-electron chi connectivity index (χ4n) is 4.07. The Balaban J connectivity index is 1.81. The molecule has 3 nitrogen and oxygen atoms in total. The minimum Gasteiger partial charge on any atom is -0.330 e. The lowest BCUT2D eigenvalue weighted by Gasteiger charge is -2.36. The summed E-state index contributed by atoms with van der Waals surface area (Å²) in [4.78, 5) is 0. The molecule has 0 radical (unpaired) electrons. The molecule has 3 atom stereocenters. The summed E-state index contributed by atoms with van der Waals surface area (Å²) in [6, 6.07) is 0. The molecule has 2 aliphatic rings. The summed E-state index contributed by atoms with van der Waals surface area (Å²) >= 11 is 0. The minimum atomic E-state index is 0.395. The normalized spacial score (nSPS) is 37.1. The van der Waals surface area contributed by atoms with Crippen LogP contribution in [0.4, 0.5) is 0 Å². The quantitative estimate of drug-likeness (QED) is 0.841. The molecule has 0 amide bonds. The maximum Gasteiger partial charge on any atom is 0.0521 e. The van der Waals surface area contributed by atoms with Gasteiger partial charge < -0.3 is 5.73 Å². The SMILES string of the molecule is Cn1cc(CC2(CN)CC3CCC2C3)cn1. The van der Waals surface area contributed by atoms with E-state index in [1.54, 1.807) is 0 Å². The molecule has 2 N–H and O–H groups in total. The molecule has 0 saturated heterocycles. The van der Waals surface area contributed by atoms with E-state index in [4.69, 9.17) is 5.73 Å². The van der Waals surface area contributed by atoms with Crippen molar-refractivity contribution in [3.8, 4) is 0 Å². The highest BCUT2D eigenvalue weighted by molar-refractivity contribution is 5.12. The minimum absolute atomic E-state index is 0.395. The average molecular weight is 219 g/mol. The number of fused-ring (bicyclic) bond motifs is 2. The molecule has 0 spiro atoms. The predicted molar refractivity (Wildman–Crippen MR) is 63.8 cm³/mol. The van der Waals surface area contributed by atoms with E-state index in [0.717, 1.165) is 24.8 Å². The highest BCUT2D eigenvalue weighted by Crippen LogP contribution is 2.56. The Kier molecular flexibility index (Phi) is 2.32. The van der Waals surface area contributed by atoms with Crippen LogP contribution in [0.1, 0.15) is 31.2 Å². The van der Waals surface area contributed by atoms with Crippen LogP contribution in [-0.4, -0.2) is 16.3 Å². The van der Waals surface area contributed by atoms with Gasteiger partial charge in [0.2, 0.25) is 0 Å². The molecule has 3 unspecified atom stereocenters. The molecule has 1 aromatic rings. The van der Waals surface area contributed by atoms with Crippen molar-refractivity contribution in [2.45, 2.75) is 32.1 Å². The Bertz CT molecular complexity index is 384. The first-order valence-corrected chi connectivity index (χ1v) is 6.39. The monoisotopic (exact) mass is 219 g/mol. The summed E-state index contributed by atoms with van der Waals surface area (Å²) in [6.07, 6.45) is 10.9. The molecule has 0 aromatic carbocycles. The molecule has 2 bridgehead atoms. The Morgan fingerprint density at radius 1 is 1.56 bits per heavy atom. The Morgan fingerprint density at radius 3 is 2.94 bits per heavy atom. The third-order valence-corrected chi connectivity index (χ3v) is 4.82. The van der Waals surface area contributed by atoms with Crippen molar-refractivity contribution in [1.82, 2.24) is 9.78 Å². The van der Waals surface area contributed by atoms with Crippen molar-refractivity contribution in [2.75, 3.05) is 6.54 Å². The van der Waals surface area contributed by atoms with Gasteiger partial charge in [-0.1, -0.05) is 6.42 Å². The molecule has 16 heavy (non-hydrogen) atoms. The van der Waals surface area contributed by atoms with Crippen molar-refractivity contribution in [3.05, 3.63) is 18.0 Å². The van der Waals surface area contributed by atoms with Gasteiger partial charge >= 0.3 is 0 Å². The molecule has 1 heterocycles. The second-order valence-electron chi connectivity index (χ2n) is 5.85. The van der Waals surface area contributed by atoms with Crippen molar-refractivity contribution in [1.29, 1.82) is 0 Å². The fraction of sp³-hybridized carbons (Fsp3) is 0.769. The van der Waals surface area contributed by atoms with Crippen LogP contribution in [0.15, 0.2) is 12.4 Å². The molecule has 88 valence electrons. The highest BCUT2D eigenvalue weighted by Gasteiger charge is 2.49. The van der Waals surface area contributed by atoms with Gasteiger partial charge in [0.1, 0.15) is 0 Å². The summed E-state index contributed by atoms with van der Waals surface area (Å²) in [6.45, 7) is 0.850. The molecular formula is C13H21N3. The summed E-state index contributed by atoms with van der Waals surface area (Å²) in [7, 11) is 1.99. The third-order valence-electron chi connectivity index (χ3n) is 4.82. The zero-order chi connectivity index (χ0) is 11.2. The summed E-state index contributed by atoms with van der Waals surface area (Å²) < 4.78 is 1.90. The van der Waals surface area contributed by atoms with E-state index in [1.807, 2.05) is 17.9 Å². The van der Waals surface area contributed by atoms with Gasteiger partial charge in [-0.15, -0.1) is 0 Å². The molecule has 3 rings (SSSR count). The van der Waals surface area contributed by atoms with E-state index >= 15 is 0 Å². The smallest absolute Gasteiger partial charge is 0.0521 e. The van der Waals surface area contributed by atoms with Crippen LogP contribution < -0.4 is 5.73 Å². The first-order chi connectivity index (χ1) is 7.72. The van der Waals surface area contributed by atoms with Crippen LogP contribution in [0.5, 0.6) is 0 Å². The number of nitrogens with two attached hydrogens (primary N) is 1. The van der Waals surface area contributed by atoms with Crippen molar-refractivity contribution < 1.29 is 0 Å². The van der Waals surface area contributed by atoms with Crippen LogP contribution in [0.3, 0.4) is 0 Å². The number of nitrogens with zero attached hydrogens (tertiary/aromatic N) is 2. The van der Waals surface area contributed by atoms with E-state index in [9.17, 15) is 0 Å². The zero-order valence-corrected chi connectivity index (χ0v) is 10.0. The predicted octanol–water partition coefficient (Wildman–Crippen LogP) is 1.73. The molecule has 2 saturated carbocycles. The summed E-state index contributed by atoms with van der Waals surface area (Å²) in [5, 5.41) is 4.26. The summed E-state index contributed by atoms with van der Waals surface area (Å²) in [5.41, 5.74) is 7.84. The maximum absolute atomic E-state index is 6.08. The van der Waals surface area contributed by atoms with Gasteiger partial charge in [0.15, 0.2) is 0 Å². The number of hydrogen-bond donors (Lipinski definition) is 1. The number of aromatic nitrogens is 2. The van der Waals surface area contributed by atoms with Gasteiger partial charge in [-0.25, -0.2) is 0 Å². The summed E-state index contributed by atoms with van der Waals surface area (Å²) in [5.74, 6) is 1.84. The average Bonchev–Trinajstić information content (AvgIpc) is 2.94. The number of hydrogen-bond acceptors (Lipinski definition) is 2. The Labute approximate surface area is 97.0 Å². The second-order valence-corrected chi connectivity index (χ2v) is 5.85. The first-order valence-electron chi connectivity index (χ1n) is 6.39. The highest BCUT2D eigenvalue weighted by atomic mass is 15.2. The molecule has 2 aliphatic carbocycles. The van der Waals surface area contributed by atoms with Crippen molar-refractivity contribution >= 4 is 0 Å². The van der Waals surface area contributed by atoms with Crippen LogP contribution in [0.25, 0.3) is 0 Å². The molecule has 1 aromatic heterocycles. The lowest BCUT2D eigenvalue weighted by molar-refractivity contribution is 0.171. The first kappa shape index (κ1) is 10.3. The molecule has 3 heteroatoms. The standard InChI is InChI=1S/C13H21N3/c1-16-8-11(7-15-16)6-13(9-14)5-10-2-3-12(13)4-10/h7-8,10,12H,2-6,9,14H2,1H3. The van der Waals surface area contributed by atoms with Crippen LogP contribution in [-0.2, 0) is 13.5 Å².